The standard InChI is InChI=1S/C19H24ClFN2O3/c1-18(2,3)26-17(25)23-10-19(11-23)7-12(8-19)9-22-16(24)13-4-14(20)6-15(21)5-13/h4-6,12H,7-11H2,1-3H3,(H,22,24). The fraction of sp³-hybridized carbons (Fsp3) is 0.579. The predicted molar refractivity (Wildman–Crippen MR) is 96.7 cm³/mol. The van der Waals surface area contributed by atoms with Crippen molar-refractivity contribution >= 4 is 23.6 Å². The molecule has 0 bridgehead atoms. The van der Waals surface area contributed by atoms with E-state index in [-0.39, 0.29) is 28.0 Å². The molecule has 1 saturated carbocycles. The van der Waals surface area contributed by atoms with Crippen molar-refractivity contribution in [1.82, 2.24) is 10.2 Å². The van der Waals surface area contributed by atoms with Crippen molar-refractivity contribution in [3.63, 3.8) is 0 Å². The topological polar surface area (TPSA) is 58.6 Å². The lowest BCUT2D eigenvalue weighted by molar-refractivity contribution is -0.0938. The Hall–Kier alpha value is -1.82. The number of hydrogen-bond acceptors (Lipinski definition) is 3. The van der Waals surface area contributed by atoms with E-state index in [1.54, 1.807) is 4.90 Å². The molecule has 0 aromatic heterocycles. The van der Waals surface area contributed by atoms with Crippen LogP contribution in [0.25, 0.3) is 0 Å². The highest BCUT2D eigenvalue weighted by Crippen LogP contribution is 2.51. The summed E-state index contributed by atoms with van der Waals surface area (Å²) in [5, 5.41) is 3.04. The Balaban J connectivity index is 1.40. The summed E-state index contributed by atoms with van der Waals surface area (Å²) in [6.45, 7) is 7.54. The van der Waals surface area contributed by atoms with Crippen molar-refractivity contribution in [3.8, 4) is 0 Å². The van der Waals surface area contributed by atoms with Gasteiger partial charge >= 0.3 is 6.09 Å². The number of amides is 2. The number of carbonyl (C=O) groups is 2. The Morgan fingerprint density at radius 2 is 1.96 bits per heavy atom. The number of rotatable bonds is 3. The van der Waals surface area contributed by atoms with E-state index >= 15 is 0 Å². The minimum absolute atomic E-state index is 0.175. The average Bonchev–Trinajstić information content (AvgIpc) is 2.40. The maximum atomic E-state index is 13.3. The molecular formula is C19H24ClFN2O3. The number of carbonyl (C=O) groups excluding carboxylic acids is 2. The molecule has 1 aliphatic heterocycles. The molecule has 2 aliphatic rings. The smallest absolute Gasteiger partial charge is 0.410 e. The molecule has 142 valence electrons. The number of nitrogens with zero attached hydrogens (tertiary/aromatic N) is 1. The van der Waals surface area contributed by atoms with Gasteiger partial charge in [-0.25, -0.2) is 9.18 Å². The maximum absolute atomic E-state index is 13.3. The van der Waals surface area contributed by atoms with Gasteiger partial charge in [0.1, 0.15) is 11.4 Å². The van der Waals surface area contributed by atoms with Crippen LogP contribution in [-0.4, -0.2) is 42.1 Å². The van der Waals surface area contributed by atoms with Gasteiger partial charge in [-0.1, -0.05) is 11.6 Å². The van der Waals surface area contributed by atoms with Crippen LogP contribution in [0.5, 0.6) is 0 Å². The number of ether oxygens (including phenoxy) is 1. The van der Waals surface area contributed by atoms with Crippen LogP contribution < -0.4 is 5.32 Å². The van der Waals surface area contributed by atoms with E-state index in [2.05, 4.69) is 5.32 Å². The van der Waals surface area contributed by atoms with Gasteiger partial charge in [0.25, 0.3) is 5.91 Å². The van der Waals surface area contributed by atoms with Gasteiger partial charge in [0.15, 0.2) is 0 Å². The Kier molecular flexibility index (Phi) is 4.90. The van der Waals surface area contributed by atoms with E-state index in [1.807, 2.05) is 20.8 Å². The molecule has 2 amide bonds. The van der Waals surface area contributed by atoms with Crippen LogP contribution >= 0.6 is 11.6 Å². The second kappa shape index (κ2) is 6.72. The molecule has 0 atom stereocenters. The van der Waals surface area contributed by atoms with E-state index in [4.69, 9.17) is 16.3 Å². The van der Waals surface area contributed by atoms with E-state index in [1.165, 1.54) is 18.2 Å². The quantitative estimate of drug-likeness (QED) is 0.863. The summed E-state index contributed by atoms with van der Waals surface area (Å²) >= 11 is 5.78. The largest absolute Gasteiger partial charge is 0.444 e. The molecule has 5 nitrogen and oxygen atoms in total. The summed E-state index contributed by atoms with van der Waals surface area (Å²) in [7, 11) is 0. The zero-order valence-corrected chi connectivity index (χ0v) is 16.0. The first-order valence-corrected chi connectivity index (χ1v) is 9.15. The molecule has 2 fully saturated rings. The third kappa shape index (κ3) is 4.29. The number of nitrogens with one attached hydrogen (secondary N) is 1. The molecule has 1 N–H and O–H groups in total. The minimum Gasteiger partial charge on any atom is -0.444 e. The van der Waals surface area contributed by atoms with Gasteiger partial charge in [0, 0.05) is 35.6 Å². The zero-order chi connectivity index (χ0) is 19.1. The Labute approximate surface area is 157 Å². The van der Waals surface area contributed by atoms with Gasteiger partial charge in [0.2, 0.25) is 0 Å². The normalized spacial score (nSPS) is 18.9. The van der Waals surface area contributed by atoms with Gasteiger partial charge in [-0.3, -0.25) is 4.79 Å². The van der Waals surface area contributed by atoms with Crippen molar-refractivity contribution < 1.29 is 18.7 Å². The Morgan fingerprint density at radius 3 is 2.54 bits per heavy atom. The van der Waals surface area contributed by atoms with Gasteiger partial charge in [-0.2, -0.15) is 0 Å². The lowest BCUT2D eigenvalue weighted by Gasteiger charge is -2.58. The molecule has 1 spiro atoms. The second-order valence-corrected chi connectivity index (χ2v) is 8.92. The molecule has 1 aromatic carbocycles. The fourth-order valence-corrected chi connectivity index (χ4v) is 4.03. The van der Waals surface area contributed by atoms with Crippen LogP contribution in [0, 0.1) is 17.2 Å². The van der Waals surface area contributed by atoms with Crippen molar-refractivity contribution in [3.05, 3.63) is 34.6 Å². The average molecular weight is 383 g/mol. The summed E-state index contributed by atoms with van der Waals surface area (Å²) in [6, 6.07) is 3.79. The third-order valence-corrected chi connectivity index (χ3v) is 5.04. The zero-order valence-electron chi connectivity index (χ0n) is 15.3. The van der Waals surface area contributed by atoms with Crippen molar-refractivity contribution in [2.24, 2.45) is 11.3 Å². The second-order valence-electron chi connectivity index (χ2n) is 8.48. The molecule has 1 saturated heterocycles. The maximum Gasteiger partial charge on any atom is 0.410 e. The predicted octanol–water partition coefficient (Wildman–Crippen LogP) is 3.86. The molecule has 1 aliphatic carbocycles. The van der Waals surface area contributed by atoms with Gasteiger partial charge in [-0.05, 0) is 57.7 Å². The van der Waals surface area contributed by atoms with Crippen molar-refractivity contribution in [2.75, 3.05) is 19.6 Å². The van der Waals surface area contributed by atoms with Crippen LogP contribution in [0.2, 0.25) is 5.02 Å². The molecular weight excluding hydrogens is 359 g/mol. The van der Waals surface area contributed by atoms with Crippen LogP contribution in [0.3, 0.4) is 0 Å². The minimum atomic E-state index is -0.526. The SMILES string of the molecule is CC(C)(C)OC(=O)N1CC2(CC(CNC(=O)c3cc(F)cc(Cl)c3)C2)C1. The van der Waals surface area contributed by atoms with Gasteiger partial charge in [0.05, 0.1) is 0 Å². The molecule has 1 aromatic rings. The van der Waals surface area contributed by atoms with Crippen LogP contribution in [0.15, 0.2) is 18.2 Å². The molecule has 3 rings (SSSR count). The van der Waals surface area contributed by atoms with Crippen molar-refractivity contribution in [1.29, 1.82) is 0 Å². The fourth-order valence-electron chi connectivity index (χ4n) is 3.81. The van der Waals surface area contributed by atoms with Gasteiger partial charge < -0.3 is 15.0 Å². The van der Waals surface area contributed by atoms with E-state index in [0.29, 0.717) is 25.6 Å². The highest BCUT2D eigenvalue weighted by Gasteiger charge is 2.54. The first kappa shape index (κ1) is 19.0. The Morgan fingerprint density at radius 1 is 1.31 bits per heavy atom. The summed E-state index contributed by atoms with van der Waals surface area (Å²) in [4.78, 5) is 25.8. The summed E-state index contributed by atoms with van der Waals surface area (Å²) in [5.74, 6) is -0.470. The summed E-state index contributed by atoms with van der Waals surface area (Å²) in [6.07, 6.45) is 1.68. The highest BCUT2D eigenvalue weighted by molar-refractivity contribution is 6.31. The first-order valence-electron chi connectivity index (χ1n) is 8.78. The number of halogens is 2. The molecule has 1 heterocycles. The first-order chi connectivity index (χ1) is 12.1. The lowest BCUT2D eigenvalue weighted by atomic mass is 9.58. The number of hydrogen-bond donors (Lipinski definition) is 1. The van der Waals surface area contributed by atoms with E-state index in [9.17, 15) is 14.0 Å². The van der Waals surface area contributed by atoms with Gasteiger partial charge in [-0.15, -0.1) is 0 Å². The van der Waals surface area contributed by atoms with Crippen LogP contribution in [0.4, 0.5) is 9.18 Å². The monoisotopic (exact) mass is 382 g/mol. The number of likely N-dealkylation sites (tertiary alicyclic amines) is 1. The molecule has 7 heteroatoms. The highest BCUT2D eigenvalue weighted by atomic mass is 35.5. The number of benzene rings is 1. The van der Waals surface area contributed by atoms with E-state index < -0.39 is 11.4 Å². The summed E-state index contributed by atoms with van der Waals surface area (Å²) in [5.41, 5.74) is -0.0793. The third-order valence-electron chi connectivity index (χ3n) is 4.82. The molecule has 0 radical (unpaired) electrons. The van der Waals surface area contributed by atoms with E-state index in [0.717, 1.165) is 12.8 Å². The lowest BCUT2D eigenvalue weighted by Crippen LogP contribution is -2.65. The summed E-state index contributed by atoms with van der Waals surface area (Å²) < 4.78 is 18.7. The van der Waals surface area contributed by atoms with Crippen LogP contribution in [-0.2, 0) is 4.74 Å². The molecule has 0 unspecified atom stereocenters. The van der Waals surface area contributed by atoms with Crippen LogP contribution in [0.1, 0.15) is 44.0 Å². The Bertz CT molecular complexity index is 698. The van der Waals surface area contributed by atoms with Crippen molar-refractivity contribution in [2.45, 2.75) is 39.2 Å². The molecule has 26 heavy (non-hydrogen) atoms.